The molecule has 2 heterocycles. The van der Waals surface area contributed by atoms with Crippen molar-refractivity contribution in [2.24, 2.45) is 0 Å². The molecular formula is C38H46N2OS2. The van der Waals surface area contributed by atoms with E-state index in [2.05, 4.69) is 62.2 Å². The minimum Gasteiger partial charge on any atom is -0.285 e. The van der Waals surface area contributed by atoms with Crippen LogP contribution in [-0.4, -0.2) is 15.8 Å². The first-order chi connectivity index (χ1) is 21.0. The van der Waals surface area contributed by atoms with Crippen molar-refractivity contribution in [3.8, 4) is 31.5 Å². The van der Waals surface area contributed by atoms with Crippen LogP contribution in [0.25, 0.3) is 31.5 Å². The van der Waals surface area contributed by atoms with Gasteiger partial charge in [-0.05, 0) is 55.0 Å². The summed E-state index contributed by atoms with van der Waals surface area (Å²) in [5.74, 6) is -0.0126. The van der Waals surface area contributed by atoms with Crippen LogP contribution in [0, 0.1) is 13.8 Å². The molecule has 4 aromatic rings. The van der Waals surface area contributed by atoms with Crippen LogP contribution in [0.2, 0.25) is 0 Å². The number of thiazole rings is 2. The highest BCUT2D eigenvalue weighted by molar-refractivity contribution is 7.24. The Morgan fingerprint density at radius 3 is 1.88 bits per heavy atom. The molecule has 0 radical (unpaired) electrons. The van der Waals surface area contributed by atoms with Gasteiger partial charge in [0, 0.05) is 11.0 Å². The normalized spacial score (nSPS) is 14.2. The summed E-state index contributed by atoms with van der Waals surface area (Å²) >= 11 is 3.28. The number of unbranched alkanes of at least 4 members (excludes halogenated alkanes) is 10. The molecule has 0 bridgehead atoms. The molecule has 0 fully saturated rings. The maximum Gasteiger partial charge on any atom is 0.232 e. The number of rotatable bonds is 15. The van der Waals surface area contributed by atoms with E-state index < -0.39 is 0 Å². The standard InChI is InChI=1S/C38H46N2OS2/c1-5-7-9-11-13-15-21-38(22-16-14-12-10-8-6-2)30-23-25(3)17-19-28(30)29-20-18-27(24-31(29)38)37-40-33-34(41)32-35(36(33)43-37)42-26(4)39-32/h17-20,23-24H,5-16,21-22H2,1-4H3. The first kappa shape index (κ1) is 30.4. The first-order valence-electron chi connectivity index (χ1n) is 16.8. The number of aromatic nitrogens is 2. The van der Waals surface area contributed by atoms with Crippen molar-refractivity contribution in [2.75, 3.05) is 0 Å². The minimum absolute atomic E-state index is 0.0126. The van der Waals surface area contributed by atoms with E-state index in [9.17, 15) is 4.79 Å². The fraction of sp³-hybridized carbons (Fsp3) is 0.500. The molecule has 2 aliphatic rings. The molecule has 0 unspecified atom stereocenters. The van der Waals surface area contributed by atoms with E-state index in [0.29, 0.717) is 11.4 Å². The maximum atomic E-state index is 13.1. The molecule has 0 N–H and O–H groups in total. The predicted molar refractivity (Wildman–Crippen MR) is 184 cm³/mol. The molecule has 2 aromatic carbocycles. The highest BCUT2D eigenvalue weighted by Crippen LogP contribution is 2.56. The van der Waals surface area contributed by atoms with Crippen molar-refractivity contribution in [1.29, 1.82) is 0 Å². The molecule has 43 heavy (non-hydrogen) atoms. The molecule has 0 spiro atoms. The third kappa shape index (κ3) is 5.80. The van der Waals surface area contributed by atoms with E-state index in [1.165, 1.54) is 112 Å². The van der Waals surface area contributed by atoms with E-state index in [0.717, 1.165) is 25.3 Å². The number of ketones is 1. The number of carbonyl (C=O) groups is 1. The van der Waals surface area contributed by atoms with E-state index in [-0.39, 0.29) is 11.2 Å². The lowest BCUT2D eigenvalue weighted by Crippen LogP contribution is -2.25. The third-order valence-corrected chi connectivity index (χ3v) is 11.9. The molecule has 0 aliphatic heterocycles. The van der Waals surface area contributed by atoms with E-state index in [1.54, 1.807) is 28.2 Å². The lowest BCUT2D eigenvalue weighted by Gasteiger charge is -2.33. The molecule has 2 aliphatic carbocycles. The number of benzene rings is 2. The maximum absolute atomic E-state index is 13.1. The van der Waals surface area contributed by atoms with Crippen molar-refractivity contribution < 1.29 is 4.79 Å². The lowest BCUT2D eigenvalue weighted by molar-refractivity contribution is 0.103. The Labute approximate surface area is 266 Å². The number of aryl methyl sites for hydroxylation is 2. The van der Waals surface area contributed by atoms with Crippen molar-refractivity contribution in [3.05, 3.63) is 69.5 Å². The monoisotopic (exact) mass is 610 g/mol. The average Bonchev–Trinajstić information content (AvgIpc) is 3.73. The predicted octanol–water partition coefficient (Wildman–Crippen LogP) is 11.9. The van der Waals surface area contributed by atoms with Gasteiger partial charge in [-0.1, -0.05) is 127 Å². The molecule has 3 nitrogen and oxygen atoms in total. The molecule has 2 aromatic heterocycles. The number of hydrogen-bond acceptors (Lipinski definition) is 5. The fourth-order valence-electron chi connectivity index (χ4n) is 7.42. The zero-order valence-electron chi connectivity index (χ0n) is 26.5. The van der Waals surface area contributed by atoms with Crippen molar-refractivity contribution in [2.45, 2.75) is 123 Å². The second kappa shape index (κ2) is 13.2. The Hall–Kier alpha value is -2.63. The van der Waals surface area contributed by atoms with Gasteiger partial charge >= 0.3 is 0 Å². The Balaban J connectivity index is 1.37. The van der Waals surface area contributed by atoms with Gasteiger partial charge in [0.2, 0.25) is 5.78 Å². The number of nitrogens with zero attached hydrogens (tertiary/aromatic N) is 2. The van der Waals surface area contributed by atoms with Crippen molar-refractivity contribution >= 4 is 28.5 Å². The van der Waals surface area contributed by atoms with Crippen LogP contribution in [0.5, 0.6) is 0 Å². The summed E-state index contributed by atoms with van der Waals surface area (Å²) in [6.45, 7) is 8.82. The smallest absolute Gasteiger partial charge is 0.232 e. The van der Waals surface area contributed by atoms with E-state index in [4.69, 9.17) is 4.98 Å². The van der Waals surface area contributed by atoms with Gasteiger partial charge in [-0.25, -0.2) is 9.97 Å². The summed E-state index contributed by atoms with van der Waals surface area (Å²) in [7, 11) is 0. The second-order valence-corrected chi connectivity index (χ2v) is 15.1. The van der Waals surface area contributed by atoms with Gasteiger partial charge in [-0.15, -0.1) is 22.7 Å². The summed E-state index contributed by atoms with van der Waals surface area (Å²) < 4.78 is 0. The van der Waals surface area contributed by atoms with Gasteiger partial charge < -0.3 is 0 Å². The summed E-state index contributed by atoms with van der Waals surface area (Å²) in [5.41, 5.74) is 9.59. The van der Waals surface area contributed by atoms with Crippen LogP contribution in [0.1, 0.15) is 142 Å². The Bertz CT molecular complexity index is 1590. The minimum atomic E-state index is -0.0126. The van der Waals surface area contributed by atoms with Crippen LogP contribution in [0.3, 0.4) is 0 Å². The first-order valence-corrected chi connectivity index (χ1v) is 18.4. The Morgan fingerprint density at radius 1 is 0.651 bits per heavy atom. The highest BCUT2D eigenvalue weighted by atomic mass is 32.1. The van der Waals surface area contributed by atoms with Gasteiger partial charge in [-0.2, -0.15) is 0 Å². The summed E-state index contributed by atoms with van der Waals surface area (Å²) in [6.07, 6.45) is 18.2. The highest BCUT2D eigenvalue weighted by Gasteiger charge is 2.43. The number of hydrogen-bond donors (Lipinski definition) is 0. The summed E-state index contributed by atoms with van der Waals surface area (Å²) in [4.78, 5) is 24.6. The molecular weight excluding hydrogens is 565 g/mol. The van der Waals surface area contributed by atoms with Crippen LogP contribution >= 0.6 is 22.7 Å². The topological polar surface area (TPSA) is 42.9 Å². The van der Waals surface area contributed by atoms with Crippen LogP contribution in [0.4, 0.5) is 0 Å². The van der Waals surface area contributed by atoms with E-state index >= 15 is 0 Å². The van der Waals surface area contributed by atoms with Crippen LogP contribution < -0.4 is 0 Å². The molecule has 226 valence electrons. The zero-order chi connectivity index (χ0) is 30.0. The summed E-state index contributed by atoms with van der Waals surface area (Å²) in [5, 5.41) is 1.90. The SMILES string of the molecule is CCCCCCCCC1(CCCCCCCC)c2cc(C)ccc2-c2ccc(-c3nc4c(s3)-c3sc(C)nc3C4=O)cc21. The number of carbonyl (C=O) groups excluding carboxylic acids is 1. The molecule has 6 rings (SSSR count). The molecule has 5 heteroatoms. The Kier molecular flexibility index (Phi) is 9.30. The van der Waals surface area contributed by atoms with Crippen LogP contribution in [-0.2, 0) is 5.41 Å². The largest absolute Gasteiger partial charge is 0.285 e. The van der Waals surface area contributed by atoms with Gasteiger partial charge in [0.05, 0.1) is 14.8 Å². The van der Waals surface area contributed by atoms with Gasteiger partial charge in [0.25, 0.3) is 0 Å². The lowest BCUT2D eigenvalue weighted by atomic mass is 9.70. The molecule has 0 amide bonds. The summed E-state index contributed by atoms with van der Waals surface area (Å²) in [6, 6.07) is 14.2. The van der Waals surface area contributed by atoms with Crippen LogP contribution in [0.15, 0.2) is 36.4 Å². The van der Waals surface area contributed by atoms with Crippen molar-refractivity contribution in [3.63, 3.8) is 0 Å². The Morgan fingerprint density at radius 2 is 1.21 bits per heavy atom. The molecule has 0 saturated heterocycles. The second-order valence-electron chi connectivity index (χ2n) is 12.9. The third-order valence-electron chi connectivity index (χ3n) is 9.67. The van der Waals surface area contributed by atoms with Gasteiger partial charge in [0.15, 0.2) is 0 Å². The van der Waals surface area contributed by atoms with Gasteiger partial charge in [-0.3, -0.25) is 4.79 Å². The molecule has 0 saturated carbocycles. The van der Waals surface area contributed by atoms with Gasteiger partial charge in [0.1, 0.15) is 16.4 Å². The quantitative estimate of drug-likeness (QED) is 0.111. The fourth-order valence-corrected chi connectivity index (χ4v) is 9.52. The molecule has 0 atom stereocenters. The van der Waals surface area contributed by atoms with Crippen molar-refractivity contribution in [1.82, 2.24) is 9.97 Å². The average molecular weight is 611 g/mol. The van der Waals surface area contributed by atoms with E-state index in [1.807, 2.05) is 6.92 Å². The number of fused-ring (bicyclic) bond motifs is 6. The zero-order valence-corrected chi connectivity index (χ0v) is 28.1.